The minimum Gasteiger partial charge on any atom is -0.468 e. The van der Waals surface area contributed by atoms with E-state index >= 15 is 0 Å². The molecule has 2 aliphatic rings. The fourth-order valence-electron chi connectivity index (χ4n) is 6.06. The van der Waals surface area contributed by atoms with Crippen molar-refractivity contribution in [1.29, 1.82) is 0 Å². The van der Waals surface area contributed by atoms with Gasteiger partial charge in [-0.25, -0.2) is 0 Å². The lowest BCUT2D eigenvalue weighted by molar-refractivity contribution is -0.160. The van der Waals surface area contributed by atoms with Gasteiger partial charge in [-0.05, 0) is 47.6 Å². The first-order valence-electron chi connectivity index (χ1n) is 13.4. The number of hydrogen-bond donors (Lipinski definition) is 1. The molecule has 0 radical (unpaired) electrons. The number of nitrogens with one attached hydrogen (secondary N) is 1. The van der Waals surface area contributed by atoms with Crippen molar-refractivity contribution in [3.05, 3.63) is 95.7 Å². The van der Waals surface area contributed by atoms with E-state index < -0.39 is 11.3 Å². The predicted octanol–water partition coefficient (Wildman–Crippen LogP) is 5.51. The monoisotopic (exact) mass is 510 g/mol. The maximum absolute atomic E-state index is 14.0. The molecule has 196 valence electrons. The zero-order chi connectivity index (χ0) is 26.5. The van der Waals surface area contributed by atoms with E-state index in [9.17, 15) is 14.4 Å². The second-order valence-electron chi connectivity index (χ2n) is 10.3. The smallest absolute Gasteiger partial charge is 0.317 e. The summed E-state index contributed by atoms with van der Waals surface area (Å²) in [5.41, 5.74) is 1.80. The zero-order valence-corrected chi connectivity index (χ0v) is 21.8. The molecule has 1 saturated heterocycles. The first-order chi connectivity index (χ1) is 18.5. The number of esters is 1. The molecule has 0 unspecified atom stereocenters. The average Bonchev–Trinajstić information content (AvgIpc) is 3.17. The van der Waals surface area contributed by atoms with Crippen LogP contribution < -0.4 is 5.32 Å². The topological polar surface area (TPSA) is 75.7 Å². The highest BCUT2D eigenvalue weighted by molar-refractivity contribution is 5.93. The van der Waals surface area contributed by atoms with E-state index in [0.29, 0.717) is 19.5 Å². The van der Waals surface area contributed by atoms with Crippen molar-refractivity contribution in [2.45, 2.75) is 51.6 Å². The summed E-state index contributed by atoms with van der Waals surface area (Å²) in [4.78, 5) is 42.3. The van der Waals surface area contributed by atoms with Gasteiger partial charge in [0.15, 0.2) is 0 Å². The van der Waals surface area contributed by atoms with Gasteiger partial charge < -0.3 is 15.0 Å². The van der Waals surface area contributed by atoms with Crippen molar-refractivity contribution in [2.75, 3.05) is 7.11 Å². The van der Waals surface area contributed by atoms with Crippen LogP contribution in [-0.4, -0.2) is 29.8 Å². The first-order valence-corrected chi connectivity index (χ1v) is 13.4. The molecule has 1 N–H and O–H groups in total. The molecule has 0 spiro atoms. The summed E-state index contributed by atoms with van der Waals surface area (Å²) in [6, 6.07) is 23.9. The standard InChI is InChI=1S/C32H34N2O4/c1-38-31(37)32-18-9-3-6-17-28(32)34(22-25-15-10-14-24-13-7-8-16-27(24)25)30(36)26(20-32)19-29(35)33-21-23-11-4-2-5-12-23/h2,4-5,7-8,10-17,26H,3,6,9,18-22H2,1H3,(H,33,35)/t26-,32+/m1/s1. The van der Waals surface area contributed by atoms with Gasteiger partial charge in [0.25, 0.3) is 0 Å². The Morgan fingerprint density at radius 3 is 2.58 bits per heavy atom. The Morgan fingerprint density at radius 2 is 1.76 bits per heavy atom. The SMILES string of the molecule is COC(=O)[C@]12CCCCC=C1N(Cc1cccc3ccccc13)C(=O)[C@H](CC(=O)NCc1ccccc1)C2. The molecular weight excluding hydrogens is 476 g/mol. The number of piperidine rings is 1. The molecule has 6 nitrogen and oxygen atoms in total. The number of carbonyl (C=O) groups excluding carboxylic acids is 3. The van der Waals surface area contributed by atoms with E-state index in [-0.39, 0.29) is 30.6 Å². The number of ether oxygens (including phenoxy) is 1. The van der Waals surface area contributed by atoms with Gasteiger partial charge in [-0.2, -0.15) is 0 Å². The molecule has 6 heteroatoms. The maximum atomic E-state index is 14.0. The van der Waals surface area contributed by atoms with E-state index in [2.05, 4.69) is 29.6 Å². The van der Waals surface area contributed by atoms with E-state index in [1.54, 1.807) is 4.90 Å². The molecule has 0 bridgehead atoms. The third kappa shape index (κ3) is 5.08. The molecule has 0 aromatic heterocycles. The lowest BCUT2D eigenvalue weighted by Gasteiger charge is -2.46. The van der Waals surface area contributed by atoms with Gasteiger partial charge in [0.1, 0.15) is 5.41 Å². The van der Waals surface area contributed by atoms with Gasteiger partial charge in [0.05, 0.1) is 13.7 Å². The van der Waals surface area contributed by atoms with Gasteiger partial charge >= 0.3 is 5.97 Å². The molecule has 3 aromatic rings. The Morgan fingerprint density at radius 1 is 1.00 bits per heavy atom. The van der Waals surface area contributed by atoms with Crippen LogP contribution in [0.5, 0.6) is 0 Å². The van der Waals surface area contributed by atoms with Gasteiger partial charge in [-0.1, -0.05) is 85.3 Å². The molecule has 0 saturated carbocycles. The van der Waals surface area contributed by atoms with E-state index in [0.717, 1.165) is 46.9 Å². The molecular formula is C32H34N2O4. The number of hydrogen-bond acceptors (Lipinski definition) is 4. The van der Waals surface area contributed by atoms with Gasteiger partial charge in [-0.15, -0.1) is 0 Å². The molecule has 5 rings (SSSR count). The van der Waals surface area contributed by atoms with E-state index in [4.69, 9.17) is 4.74 Å². The Labute approximate surface area is 223 Å². The van der Waals surface area contributed by atoms with Crippen molar-refractivity contribution in [1.82, 2.24) is 10.2 Å². The highest BCUT2D eigenvalue weighted by Gasteiger charge is 2.53. The highest BCUT2D eigenvalue weighted by atomic mass is 16.5. The minimum absolute atomic E-state index is 0.0315. The largest absolute Gasteiger partial charge is 0.468 e. The highest BCUT2D eigenvalue weighted by Crippen LogP contribution is 2.50. The number of likely N-dealkylation sites (tertiary alicyclic amines) is 1. The molecule has 2 amide bonds. The number of rotatable bonds is 7. The molecule has 1 fully saturated rings. The van der Waals surface area contributed by atoms with Gasteiger partial charge in [0.2, 0.25) is 11.8 Å². The second-order valence-corrected chi connectivity index (χ2v) is 10.3. The summed E-state index contributed by atoms with van der Waals surface area (Å²) in [6.07, 6.45) is 5.58. The van der Waals surface area contributed by atoms with Crippen molar-refractivity contribution in [2.24, 2.45) is 11.3 Å². The van der Waals surface area contributed by atoms with Crippen LogP contribution in [0.2, 0.25) is 0 Å². The van der Waals surface area contributed by atoms with Gasteiger partial charge in [0, 0.05) is 24.6 Å². The van der Waals surface area contributed by atoms with E-state index in [1.165, 1.54) is 7.11 Å². The Hall–Kier alpha value is -3.93. The van der Waals surface area contributed by atoms with Gasteiger partial charge in [-0.3, -0.25) is 14.4 Å². The Balaban J connectivity index is 1.47. The third-order valence-electron chi connectivity index (χ3n) is 7.94. The van der Waals surface area contributed by atoms with Crippen LogP contribution in [0, 0.1) is 11.3 Å². The summed E-state index contributed by atoms with van der Waals surface area (Å²) < 4.78 is 5.35. The van der Waals surface area contributed by atoms with Crippen LogP contribution in [0.25, 0.3) is 10.8 Å². The number of fused-ring (bicyclic) bond motifs is 2. The van der Waals surface area contributed by atoms with Crippen LogP contribution in [0.3, 0.4) is 0 Å². The number of benzene rings is 3. The van der Waals surface area contributed by atoms with Crippen LogP contribution in [-0.2, 0) is 32.2 Å². The lowest BCUT2D eigenvalue weighted by Crippen LogP contribution is -2.53. The van der Waals surface area contributed by atoms with E-state index in [1.807, 2.05) is 54.6 Å². The fourth-order valence-corrected chi connectivity index (χ4v) is 6.06. The maximum Gasteiger partial charge on any atom is 0.317 e. The number of allylic oxidation sites excluding steroid dienone is 1. The van der Waals surface area contributed by atoms with Crippen LogP contribution >= 0.6 is 0 Å². The van der Waals surface area contributed by atoms with Crippen LogP contribution in [0.4, 0.5) is 0 Å². The van der Waals surface area contributed by atoms with Crippen molar-refractivity contribution >= 4 is 28.6 Å². The first kappa shape index (κ1) is 25.7. The number of methoxy groups -OCH3 is 1. The zero-order valence-electron chi connectivity index (χ0n) is 21.8. The lowest BCUT2D eigenvalue weighted by atomic mass is 9.69. The molecule has 1 aliphatic heterocycles. The number of amides is 2. The van der Waals surface area contributed by atoms with Crippen molar-refractivity contribution < 1.29 is 19.1 Å². The molecule has 38 heavy (non-hydrogen) atoms. The Kier molecular flexibility index (Phi) is 7.59. The predicted molar refractivity (Wildman–Crippen MR) is 147 cm³/mol. The average molecular weight is 511 g/mol. The summed E-state index contributed by atoms with van der Waals surface area (Å²) in [5, 5.41) is 5.13. The third-order valence-corrected chi connectivity index (χ3v) is 7.94. The number of carbonyl (C=O) groups is 3. The summed E-state index contributed by atoms with van der Waals surface area (Å²) in [7, 11) is 1.41. The second kappa shape index (κ2) is 11.2. The summed E-state index contributed by atoms with van der Waals surface area (Å²) in [5.74, 6) is -1.25. The summed E-state index contributed by atoms with van der Waals surface area (Å²) in [6.45, 7) is 0.737. The molecule has 1 aliphatic carbocycles. The van der Waals surface area contributed by atoms with Crippen molar-refractivity contribution in [3.63, 3.8) is 0 Å². The van der Waals surface area contributed by atoms with Crippen molar-refractivity contribution in [3.8, 4) is 0 Å². The normalized spacial score (nSPS) is 21.3. The minimum atomic E-state index is -0.936. The van der Waals surface area contributed by atoms with Crippen LogP contribution in [0.15, 0.2) is 84.6 Å². The molecule has 1 heterocycles. The molecule has 2 atom stereocenters. The fraction of sp³-hybridized carbons (Fsp3) is 0.344. The number of nitrogens with zero attached hydrogens (tertiary/aromatic N) is 1. The Bertz CT molecular complexity index is 1360. The van der Waals surface area contributed by atoms with Crippen LogP contribution in [0.1, 0.15) is 49.7 Å². The summed E-state index contributed by atoms with van der Waals surface area (Å²) >= 11 is 0. The quantitative estimate of drug-likeness (QED) is 0.425. The molecule has 3 aromatic carbocycles.